The van der Waals surface area contributed by atoms with Crippen LogP contribution in [0.15, 0.2) is 47.6 Å². The quantitative estimate of drug-likeness (QED) is 0.470. The normalized spacial score (nSPS) is 23.1. The molecule has 0 radical (unpaired) electrons. The average molecular weight is 454 g/mol. The fourth-order valence-corrected chi connectivity index (χ4v) is 6.34. The third-order valence-electron chi connectivity index (χ3n) is 6.64. The molecule has 1 saturated carbocycles. The molecular weight excluding hydrogens is 430 g/mol. The summed E-state index contributed by atoms with van der Waals surface area (Å²) in [6.07, 6.45) is 4.60. The summed E-state index contributed by atoms with van der Waals surface area (Å²) in [5.41, 5.74) is 2.57. The molecule has 166 valence electrons. The van der Waals surface area contributed by atoms with E-state index in [-0.39, 0.29) is 16.7 Å². The third-order valence-corrected chi connectivity index (χ3v) is 8.32. The summed E-state index contributed by atoms with van der Waals surface area (Å²) in [5, 5.41) is 8.79. The molecule has 1 spiro atoms. The molecule has 4 aromatic rings. The summed E-state index contributed by atoms with van der Waals surface area (Å²) >= 11 is 0. The molecule has 3 aromatic heterocycles. The van der Waals surface area contributed by atoms with E-state index in [1.54, 1.807) is 42.7 Å². The Morgan fingerprint density at radius 1 is 1.06 bits per heavy atom. The van der Waals surface area contributed by atoms with Gasteiger partial charge in [-0.25, -0.2) is 17.4 Å². The van der Waals surface area contributed by atoms with Gasteiger partial charge in [-0.05, 0) is 31.0 Å². The second-order valence-corrected chi connectivity index (χ2v) is 10.6. The predicted molar refractivity (Wildman–Crippen MR) is 116 cm³/mol. The minimum Gasteiger partial charge on any atom is -0.348 e. The van der Waals surface area contributed by atoms with Crippen molar-refractivity contribution in [1.82, 2.24) is 23.6 Å². The van der Waals surface area contributed by atoms with Crippen molar-refractivity contribution >= 4 is 26.8 Å². The Morgan fingerprint density at radius 3 is 2.56 bits per heavy atom. The predicted octanol–water partition coefficient (Wildman–Crippen LogP) is 2.88. The van der Waals surface area contributed by atoms with Crippen molar-refractivity contribution in [1.29, 1.82) is 0 Å². The second-order valence-electron chi connectivity index (χ2n) is 8.75. The van der Waals surface area contributed by atoms with Gasteiger partial charge in [0.15, 0.2) is 17.1 Å². The van der Waals surface area contributed by atoms with E-state index in [1.165, 1.54) is 3.97 Å². The van der Waals surface area contributed by atoms with E-state index in [0.717, 1.165) is 17.8 Å². The highest BCUT2D eigenvalue weighted by atomic mass is 32.2. The highest BCUT2D eigenvalue weighted by molar-refractivity contribution is 7.90. The number of aryl methyl sites for hydroxylation is 1. The monoisotopic (exact) mass is 453 g/mol. The Bertz CT molecular complexity index is 1430. The molecule has 6 rings (SSSR count). The lowest BCUT2D eigenvalue weighted by Crippen LogP contribution is -2.26. The van der Waals surface area contributed by atoms with Crippen LogP contribution in [0.25, 0.3) is 16.8 Å². The van der Waals surface area contributed by atoms with Crippen molar-refractivity contribution in [3.05, 3.63) is 54.1 Å². The molecule has 2 aliphatic rings. The third kappa shape index (κ3) is 2.83. The van der Waals surface area contributed by atoms with Crippen LogP contribution in [0.5, 0.6) is 0 Å². The molecule has 1 aliphatic heterocycles. The largest absolute Gasteiger partial charge is 0.348 e. The van der Waals surface area contributed by atoms with Gasteiger partial charge in [0, 0.05) is 25.0 Å². The van der Waals surface area contributed by atoms with Crippen molar-refractivity contribution < 1.29 is 17.9 Å². The highest BCUT2D eigenvalue weighted by Crippen LogP contribution is 2.48. The fourth-order valence-electron chi connectivity index (χ4n) is 5.04. The maximum atomic E-state index is 13.3. The first-order valence-corrected chi connectivity index (χ1v) is 12.1. The van der Waals surface area contributed by atoms with Gasteiger partial charge in [0.05, 0.1) is 29.8 Å². The second kappa shape index (κ2) is 6.84. The molecule has 1 saturated heterocycles. The average Bonchev–Trinajstić information content (AvgIpc) is 3.54. The van der Waals surface area contributed by atoms with Crippen molar-refractivity contribution in [2.24, 2.45) is 5.92 Å². The Hall–Kier alpha value is -2.82. The smallest absolute Gasteiger partial charge is 0.269 e. The SMILES string of the molecule is Cc1ccc(S(=O)(=O)n2ccc3c2ncc2nnc(C4CC5(CC4C)OCCO5)n23)cc1. The van der Waals surface area contributed by atoms with Crippen molar-refractivity contribution in [3.63, 3.8) is 0 Å². The number of nitrogens with zero attached hydrogens (tertiary/aromatic N) is 5. The van der Waals surface area contributed by atoms with Gasteiger partial charge in [0.2, 0.25) is 0 Å². The maximum Gasteiger partial charge on any atom is 0.269 e. The molecular formula is C22H23N5O4S. The van der Waals surface area contributed by atoms with Gasteiger partial charge in [-0.15, -0.1) is 10.2 Å². The zero-order valence-electron chi connectivity index (χ0n) is 17.8. The number of rotatable bonds is 3. The lowest BCUT2D eigenvalue weighted by atomic mass is 9.97. The first-order valence-electron chi connectivity index (χ1n) is 10.7. The van der Waals surface area contributed by atoms with Gasteiger partial charge in [0.25, 0.3) is 10.0 Å². The number of ether oxygens (including phenoxy) is 2. The number of hydrogen-bond acceptors (Lipinski definition) is 7. The van der Waals surface area contributed by atoms with Gasteiger partial charge >= 0.3 is 0 Å². The molecule has 32 heavy (non-hydrogen) atoms. The Kier molecular flexibility index (Phi) is 4.24. The number of hydrogen-bond donors (Lipinski definition) is 0. The number of aromatic nitrogens is 5. The molecule has 2 fully saturated rings. The number of fused-ring (bicyclic) bond motifs is 3. The molecule has 2 atom stereocenters. The first kappa shape index (κ1) is 19.8. The van der Waals surface area contributed by atoms with E-state index in [1.807, 2.05) is 11.3 Å². The van der Waals surface area contributed by atoms with Gasteiger partial charge in [-0.3, -0.25) is 4.40 Å². The van der Waals surface area contributed by atoms with E-state index < -0.39 is 15.8 Å². The molecule has 10 heteroatoms. The van der Waals surface area contributed by atoms with Crippen molar-refractivity contribution in [3.8, 4) is 0 Å². The van der Waals surface area contributed by atoms with Crippen LogP contribution in [-0.4, -0.2) is 51.0 Å². The highest BCUT2D eigenvalue weighted by Gasteiger charge is 2.49. The van der Waals surface area contributed by atoms with Crippen LogP contribution in [-0.2, 0) is 19.5 Å². The summed E-state index contributed by atoms with van der Waals surface area (Å²) in [5.74, 6) is 0.581. The molecule has 2 unspecified atom stereocenters. The lowest BCUT2D eigenvalue weighted by Gasteiger charge is -2.21. The molecule has 0 amide bonds. The van der Waals surface area contributed by atoms with E-state index in [9.17, 15) is 8.42 Å². The minimum atomic E-state index is -3.79. The summed E-state index contributed by atoms with van der Waals surface area (Å²) in [7, 11) is -3.79. The van der Waals surface area contributed by atoms with Gasteiger partial charge in [0.1, 0.15) is 5.82 Å². The molecule has 0 bridgehead atoms. The van der Waals surface area contributed by atoms with Crippen LogP contribution in [0.3, 0.4) is 0 Å². The molecule has 4 heterocycles. The standard InChI is InChI=1S/C22H23N5O4S/c1-14-3-5-16(6-4-14)32(28,29)26-8-7-18-21(26)23-13-19-24-25-20(27(18)19)17-12-22(11-15(17)2)30-9-10-31-22/h3-8,13,15,17H,9-12H2,1-2H3. The van der Waals surface area contributed by atoms with Gasteiger partial charge < -0.3 is 9.47 Å². The lowest BCUT2D eigenvalue weighted by molar-refractivity contribution is -0.152. The fraction of sp³-hybridized carbons (Fsp3) is 0.409. The van der Waals surface area contributed by atoms with E-state index in [2.05, 4.69) is 22.1 Å². The minimum absolute atomic E-state index is 0.0748. The van der Waals surface area contributed by atoms with Crippen molar-refractivity contribution in [2.45, 2.75) is 43.3 Å². The summed E-state index contributed by atoms with van der Waals surface area (Å²) in [6.45, 7) is 5.29. The van der Waals surface area contributed by atoms with E-state index in [0.29, 0.717) is 36.4 Å². The number of benzene rings is 1. The van der Waals surface area contributed by atoms with Crippen LogP contribution in [0.1, 0.15) is 37.1 Å². The molecule has 9 nitrogen and oxygen atoms in total. The van der Waals surface area contributed by atoms with Crippen LogP contribution in [0.2, 0.25) is 0 Å². The van der Waals surface area contributed by atoms with Crippen LogP contribution in [0, 0.1) is 12.8 Å². The van der Waals surface area contributed by atoms with Crippen LogP contribution >= 0.6 is 0 Å². The maximum absolute atomic E-state index is 13.3. The summed E-state index contributed by atoms with van der Waals surface area (Å²) in [4.78, 5) is 4.64. The Balaban J connectivity index is 1.48. The Morgan fingerprint density at radius 2 is 1.81 bits per heavy atom. The van der Waals surface area contributed by atoms with E-state index in [4.69, 9.17) is 9.47 Å². The van der Waals surface area contributed by atoms with Crippen molar-refractivity contribution in [2.75, 3.05) is 13.2 Å². The van der Waals surface area contributed by atoms with Gasteiger partial charge in [-0.2, -0.15) is 0 Å². The zero-order chi connectivity index (χ0) is 22.1. The molecule has 1 aliphatic carbocycles. The van der Waals surface area contributed by atoms with Gasteiger partial charge in [-0.1, -0.05) is 24.6 Å². The zero-order valence-corrected chi connectivity index (χ0v) is 18.6. The summed E-state index contributed by atoms with van der Waals surface area (Å²) in [6, 6.07) is 8.55. The topological polar surface area (TPSA) is 101 Å². The summed E-state index contributed by atoms with van der Waals surface area (Å²) < 4.78 is 41.6. The molecule has 0 N–H and O–H groups in total. The molecule has 1 aromatic carbocycles. The van der Waals surface area contributed by atoms with Crippen LogP contribution in [0.4, 0.5) is 0 Å². The van der Waals surface area contributed by atoms with Crippen LogP contribution < -0.4 is 0 Å². The van der Waals surface area contributed by atoms with E-state index >= 15 is 0 Å². The Labute approximate surface area is 185 Å². The first-order chi connectivity index (χ1) is 15.4.